The normalized spacial score (nSPS) is 12.4. The second-order valence-corrected chi connectivity index (χ2v) is 38.5. The zero-order valence-corrected chi connectivity index (χ0v) is 81.5. The summed E-state index contributed by atoms with van der Waals surface area (Å²) in [5.41, 5.74) is 18.7. The van der Waals surface area contributed by atoms with Crippen LogP contribution in [0.4, 0.5) is 0 Å². The predicted molar refractivity (Wildman–Crippen MR) is 610 cm³/mol. The van der Waals surface area contributed by atoms with Crippen LogP contribution in [0, 0.1) is 0 Å². The molecule has 0 bridgehead atoms. The van der Waals surface area contributed by atoms with Crippen molar-refractivity contribution < 1.29 is 63.4 Å². The molecular formula is C131H91Br3O13. The average molecular weight is 2110 g/mol. The summed E-state index contributed by atoms with van der Waals surface area (Å²) in [5, 5.41) is 77.5. The molecule has 13 nitrogen and oxygen atoms in total. The van der Waals surface area contributed by atoms with Crippen LogP contribution in [0.3, 0.4) is 0 Å². The Morgan fingerprint density at radius 2 is 0.367 bits per heavy atom. The van der Waals surface area contributed by atoms with E-state index in [0.29, 0.717) is 33.4 Å². The Kier molecular flexibility index (Phi) is 26.1. The molecule has 0 atom stereocenters. The van der Waals surface area contributed by atoms with Gasteiger partial charge in [-0.1, -0.05) is 392 Å². The topological polar surface area (TPSA) is 211 Å². The largest absolute Gasteiger partial charge is 0.392 e. The molecule has 26 aromatic rings. The number of carbonyl (C=O) groups excluding carboxylic acids is 6. The van der Waals surface area contributed by atoms with Gasteiger partial charge in [-0.05, 0) is 311 Å². The van der Waals surface area contributed by atoms with Gasteiger partial charge in [0.05, 0.1) is 59.8 Å². The summed E-state index contributed by atoms with van der Waals surface area (Å²) in [6.07, 6.45) is 0. The van der Waals surface area contributed by atoms with Crippen LogP contribution in [0.25, 0.3) is 217 Å². The van der Waals surface area contributed by atoms with E-state index in [1.165, 1.54) is 173 Å². The molecule has 0 spiro atoms. The maximum atomic E-state index is 12.0. The Bertz CT molecular complexity index is 9060. The maximum absolute atomic E-state index is 12.0. The maximum Gasteiger partial charge on any atom is 0.346 e. The fraction of sp³-hybridized carbons (Fsp3) is 0.0687. The van der Waals surface area contributed by atoms with Crippen LogP contribution in [0.2, 0.25) is 0 Å². The fourth-order valence-electron chi connectivity index (χ4n) is 21.7. The summed E-state index contributed by atoms with van der Waals surface area (Å²) in [6.45, 7) is -0.269. The number of ether oxygens (including phenoxy) is 3. The van der Waals surface area contributed by atoms with E-state index >= 15 is 0 Å². The van der Waals surface area contributed by atoms with Gasteiger partial charge in [-0.15, -0.1) is 0 Å². The fourth-order valence-corrected chi connectivity index (χ4v) is 23.2. The number of alkyl halides is 2. The Labute approximate surface area is 870 Å². The van der Waals surface area contributed by atoms with E-state index in [-0.39, 0.29) is 48.7 Å². The van der Waals surface area contributed by atoms with E-state index < -0.39 is 35.8 Å². The van der Waals surface area contributed by atoms with Crippen molar-refractivity contribution in [3.8, 4) is 55.6 Å². The molecule has 0 aliphatic carbocycles. The molecule has 3 heterocycles. The molecule has 0 saturated heterocycles. The second-order valence-electron chi connectivity index (χ2n) is 36.4. The van der Waals surface area contributed by atoms with Gasteiger partial charge < -0.3 is 34.6 Å². The Balaban J connectivity index is 0.000000104. The minimum atomic E-state index is -0.574. The molecule has 147 heavy (non-hydrogen) atoms. The smallest absolute Gasteiger partial charge is 0.346 e. The molecule has 3 aliphatic heterocycles. The summed E-state index contributed by atoms with van der Waals surface area (Å²) < 4.78 is 14.6. The van der Waals surface area contributed by atoms with E-state index in [4.69, 9.17) is 9.47 Å². The quantitative estimate of drug-likeness (QED) is 0.0313. The lowest BCUT2D eigenvalue weighted by Gasteiger charge is -2.15. The lowest BCUT2D eigenvalue weighted by molar-refractivity contribution is 0.0425. The molecule has 0 radical (unpaired) electrons. The highest BCUT2D eigenvalue weighted by molar-refractivity contribution is 9.10. The standard InChI is InChI=1S/C24H16Br2.2C24H12O3.2C24H18O2.C8H3BrO3.3CH4/c25-13-19-7-6-18(12-20(19)14-26)21-10-8-17-5-4-15-2-1-3-16-9-11-22(21)24(17)23(15)16;2*25-23-19-11-8-16(12-20(19)24(26)27-23)17-9-6-15-5-4-13-2-1-3-14-7-10-18(17)22(15)21(13)14;2*25-13-19-7-6-18(12-20(19)14-26)21-10-8-17-5-4-15-2-1-3-16-9-11-22(21)24(17)23(15)16;9-4-1-2-5-6(3-4)8(11)12-7(5)10;;;/h1-12H,13-14H2;2*1-12H;2*1-12,25-26H,13-14H2;1-3H;3*1H4. The zero-order chi connectivity index (χ0) is 98.0. The van der Waals surface area contributed by atoms with E-state index in [1.54, 1.807) is 42.5 Å². The van der Waals surface area contributed by atoms with Gasteiger partial charge in [0.1, 0.15) is 0 Å². The van der Waals surface area contributed by atoms with Crippen molar-refractivity contribution in [1.29, 1.82) is 0 Å². The van der Waals surface area contributed by atoms with Gasteiger partial charge in [-0.2, -0.15) is 0 Å². The van der Waals surface area contributed by atoms with Crippen molar-refractivity contribution in [2.45, 2.75) is 59.4 Å². The first kappa shape index (κ1) is 96.7. The van der Waals surface area contributed by atoms with Crippen molar-refractivity contribution in [2.75, 3.05) is 0 Å². The van der Waals surface area contributed by atoms with Crippen LogP contribution >= 0.6 is 47.8 Å². The lowest BCUT2D eigenvalue weighted by atomic mass is 9.89. The number of aliphatic hydroxyl groups excluding tert-OH is 4. The van der Waals surface area contributed by atoms with Crippen LogP contribution in [-0.2, 0) is 51.3 Å². The first-order valence-corrected chi connectivity index (χ1v) is 50.2. The summed E-state index contributed by atoms with van der Waals surface area (Å²) in [7, 11) is 0. The lowest BCUT2D eigenvalue weighted by Crippen LogP contribution is -1.96. The van der Waals surface area contributed by atoms with Crippen LogP contribution < -0.4 is 0 Å². The van der Waals surface area contributed by atoms with E-state index in [9.17, 15) is 49.2 Å². The first-order valence-electron chi connectivity index (χ1n) is 47.1. The highest BCUT2D eigenvalue weighted by Crippen LogP contribution is 2.48. The highest BCUT2D eigenvalue weighted by atomic mass is 79.9. The number of halogens is 3. The van der Waals surface area contributed by atoms with Gasteiger partial charge in [-0.25, -0.2) is 28.8 Å². The number of hydrogen-bond acceptors (Lipinski definition) is 13. The van der Waals surface area contributed by atoms with Crippen LogP contribution in [-0.4, -0.2) is 56.2 Å². The average Bonchev–Trinajstić information content (AvgIpc) is 1.22. The minimum Gasteiger partial charge on any atom is -0.392 e. The SMILES string of the molecule is BrCc1ccc(-c2ccc3ccc4cccc5ccc2c3c45)cc1CBr.C.C.C.O=C1OC(=O)c2cc(-c3ccc4ccc5cccc6ccc3c4c56)ccc21.O=C1OC(=O)c2cc(-c3ccc4ccc5cccc6ccc3c4c56)ccc21.O=C1OC(=O)c2cc(Br)ccc21.OCc1ccc(-c2ccc3ccc4cccc5ccc2c3c45)cc1CO.OCc1ccc(-c2ccc3ccc4cccc5ccc2c3c45)cc1CO. The summed E-state index contributed by atoms with van der Waals surface area (Å²) in [5.74, 6) is -3.43. The van der Waals surface area contributed by atoms with Gasteiger partial charge in [-0.3, -0.25) is 0 Å². The Morgan fingerprint density at radius 3 is 0.619 bits per heavy atom. The zero-order valence-electron chi connectivity index (χ0n) is 76.7. The number of hydrogen-bond donors (Lipinski definition) is 4. The van der Waals surface area contributed by atoms with Gasteiger partial charge in [0.15, 0.2) is 0 Å². The molecule has 0 saturated carbocycles. The second kappa shape index (κ2) is 39.6. The van der Waals surface area contributed by atoms with Crippen molar-refractivity contribution >= 4 is 245 Å². The number of carbonyl (C=O) groups is 6. The van der Waals surface area contributed by atoms with E-state index in [1.807, 2.05) is 48.5 Å². The number of cyclic esters (lactones) is 6. The van der Waals surface area contributed by atoms with Gasteiger partial charge >= 0.3 is 35.8 Å². The summed E-state index contributed by atoms with van der Waals surface area (Å²) >= 11 is 10.4. The van der Waals surface area contributed by atoms with Crippen LogP contribution in [0.15, 0.2) is 387 Å². The number of rotatable bonds is 11. The molecule has 26 aromatic carbocycles. The molecule has 29 rings (SSSR count). The van der Waals surface area contributed by atoms with Gasteiger partial charge in [0, 0.05) is 15.1 Å². The monoisotopic (exact) mass is 2110 g/mol. The Morgan fingerprint density at radius 1 is 0.177 bits per heavy atom. The van der Waals surface area contributed by atoms with E-state index in [0.717, 1.165) is 92.7 Å². The third-order valence-corrected chi connectivity index (χ3v) is 30.4. The molecule has 4 N–H and O–H groups in total. The third-order valence-electron chi connectivity index (χ3n) is 28.7. The van der Waals surface area contributed by atoms with Crippen molar-refractivity contribution in [1.82, 2.24) is 0 Å². The van der Waals surface area contributed by atoms with Crippen molar-refractivity contribution in [3.05, 3.63) is 453 Å². The summed E-state index contributed by atoms with van der Waals surface area (Å²) in [4.78, 5) is 69.2. The molecule has 3 aliphatic rings. The minimum absolute atomic E-state index is 0. The third kappa shape index (κ3) is 16.8. The summed E-state index contributed by atoms with van der Waals surface area (Å²) in [6, 6.07) is 131. The molecule has 0 amide bonds. The molecule has 16 heteroatoms. The Hall–Kier alpha value is -16.4. The molecule has 0 aromatic heterocycles. The molecular weight excluding hydrogens is 2020 g/mol. The molecule has 714 valence electrons. The van der Waals surface area contributed by atoms with Gasteiger partial charge in [0.25, 0.3) is 0 Å². The number of esters is 6. The molecule has 0 unspecified atom stereocenters. The van der Waals surface area contributed by atoms with Crippen molar-refractivity contribution in [2.24, 2.45) is 0 Å². The van der Waals surface area contributed by atoms with E-state index in [2.05, 4.69) is 344 Å². The number of benzene rings is 26. The number of fused-ring (bicyclic) bond motifs is 3. The van der Waals surface area contributed by atoms with Crippen LogP contribution in [0.5, 0.6) is 0 Å². The first-order chi connectivity index (χ1) is 70.5. The van der Waals surface area contributed by atoms with Crippen LogP contribution in [0.1, 0.15) is 118 Å². The van der Waals surface area contributed by atoms with Gasteiger partial charge in [0.2, 0.25) is 0 Å². The molecule has 0 fully saturated rings. The highest BCUT2D eigenvalue weighted by Gasteiger charge is 2.33. The number of aliphatic hydroxyl groups is 4. The predicted octanol–water partition coefficient (Wildman–Crippen LogP) is 33.3. The van der Waals surface area contributed by atoms with Crippen molar-refractivity contribution in [3.63, 3.8) is 0 Å².